The van der Waals surface area contributed by atoms with E-state index in [1.54, 1.807) is 0 Å². The highest BCUT2D eigenvalue weighted by Gasteiger charge is 1.97. The molecule has 0 radical (unpaired) electrons. The van der Waals surface area contributed by atoms with Crippen LogP contribution in [0.25, 0.3) is 0 Å². The molecule has 0 spiro atoms. The lowest BCUT2D eigenvalue weighted by Crippen LogP contribution is -1.93. The molecule has 156 valence electrons. The molecular formula is C22H38O5. The minimum absolute atomic E-state index is 0.146. The topological polar surface area (TPSA) is 98.0 Å². The second-order valence-electron chi connectivity index (χ2n) is 7.09. The number of carboxylic acid groups (broad SMARTS) is 1. The van der Waals surface area contributed by atoms with E-state index >= 15 is 0 Å². The van der Waals surface area contributed by atoms with Gasteiger partial charge in [-0.3, -0.25) is 4.79 Å². The van der Waals surface area contributed by atoms with Crippen LogP contribution in [0.15, 0.2) is 18.2 Å². The van der Waals surface area contributed by atoms with E-state index in [4.69, 9.17) is 20.4 Å². The van der Waals surface area contributed by atoms with Crippen molar-refractivity contribution < 1.29 is 25.2 Å². The summed E-state index contributed by atoms with van der Waals surface area (Å²) in [5, 5.41) is 34.5. The highest BCUT2D eigenvalue weighted by Crippen LogP contribution is 2.23. The van der Waals surface area contributed by atoms with Crippen LogP contribution in [0.1, 0.15) is 96.8 Å². The number of carboxylic acids is 1. The fourth-order valence-corrected chi connectivity index (χ4v) is 2.87. The van der Waals surface area contributed by atoms with Gasteiger partial charge in [0.25, 0.3) is 0 Å². The summed E-state index contributed by atoms with van der Waals surface area (Å²) in [5.41, 5.74) is 0. The van der Waals surface area contributed by atoms with Gasteiger partial charge in [0, 0.05) is 24.6 Å². The first kappa shape index (κ1) is 25.1. The van der Waals surface area contributed by atoms with E-state index in [2.05, 4.69) is 6.92 Å². The van der Waals surface area contributed by atoms with Crippen LogP contribution >= 0.6 is 0 Å². The van der Waals surface area contributed by atoms with Gasteiger partial charge in [-0.2, -0.15) is 0 Å². The summed E-state index contributed by atoms with van der Waals surface area (Å²) in [5.74, 6) is -1.09. The Balaban J connectivity index is 0.000000621. The van der Waals surface area contributed by atoms with Gasteiger partial charge >= 0.3 is 5.97 Å². The number of phenolic OH excluding ortho intramolecular Hbond substituents is 3. The van der Waals surface area contributed by atoms with Crippen molar-refractivity contribution in [3.63, 3.8) is 0 Å². The van der Waals surface area contributed by atoms with Gasteiger partial charge in [-0.25, -0.2) is 0 Å². The van der Waals surface area contributed by atoms with Gasteiger partial charge in [-0.1, -0.05) is 84.0 Å². The number of hydrogen-bond acceptors (Lipinski definition) is 4. The number of phenols is 3. The van der Waals surface area contributed by atoms with Crippen molar-refractivity contribution >= 4 is 5.97 Å². The molecule has 0 unspecified atom stereocenters. The molecule has 0 atom stereocenters. The van der Waals surface area contributed by atoms with Crippen molar-refractivity contribution in [2.24, 2.45) is 0 Å². The number of aromatic hydroxyl groups is 3. The molecular weight excluding hydrogens is 344 g/mol. The highest BCUT2D eigenvalue weighted by atomic mass is 16.4. The van der Waals surface area contributed by atoms with E-state index in [-0.39, 0.29) is 17.2 Å². The van der Waals surface area contributed by atoms with Crippen LogP contribution in [0.3, 0.4) is 0 Å². The molecule has 1 rings (SSSR count). The zero-order valence-corrected chi connectivity index (χ0v) is 16.8. The molecule has 0 aliphatic heterocycles. The lowest BCUT2D eigenvalue weighted by molar-refractivity contribution is -0.137. The number of unbranched alkanes of at least 4 members (excludes halogenated alkanes) is 12. The molecule has 0 amide bonds. The molecule has 0 aliphatic carbocycles. The number of carbonyl (C=O) groups is 1. The first-order valence-electron chi connectivity index (χ1n) is 10.4. The van der Waals surface area contributed by atoms with Crippen molar-refractivity contribution in [1.82, 2.24) is 0 Å². The van der Waals surface area contributed by atoms with Crippen LogP contribution in [0.4, 0.5) is 0 Å². The summed E-state index contributed by atoms with van der Waals surface area (Å²) in [4.78, 5) is 10.3. The Kier molecular flexibility index (Phi) is 16.3. The molecule has 5 nitrogen and oxygen atoms in total. The molecule has 0 bridgehead atoms. The summed E-state index contributed by atoms with van der Waals surface area (Å²) >= 11 is 0. The zero-order chi connectivity index (χ0) is 20.3. The Labute approximate surface area is 164 Å². The number of rotatable bonds is 14. The quantitative estimate of drug-likeness (QED) is 0.281. The van der Waals surface area contributed by atoms with Gasteiger partial charge in [0.05, 0.1) is 0 Å². The fourth-order valence-electron chi connectivity index (χ4n) is 2.87. The Morgan fingerprint density at radius 1 is 0.630 bits per heavy atom. The average Bonchev–Trinajstić information content (AvgIpc) is 2.58. The maximum atomic E-state index is 10.3. The first-order chi connectivity index (χ1) is 13.0. The average molecular weight is 383 g/mol. The summed E-state index contributed by atoms with van der Waals surface area (Å²) in [6.07, 6.45) is 17.3. The molecule has 0 aromatic heterocycles. The lowest BCUT2D eigenvalue weighted by atomic mass is 10.0. The minimum atomic E-state index is -0.655. The van der Waals surface area contributed by atoms with Crippen LogP contribution in [0.5, 0.6) is 17.2 Å². The monoisotopic (exact) mass is 382 g/mol. The van der Waals surface area contributed by atoms with E-state index in [9.17, 15) is 4.79 Å². The second kappa shape index (κ2) is 17.5. The van der Waals surface area contributed by atoms with Crippen molar-refractivity contribution in [2.45, 2.75) is 96.8 Å². The summed E-state index contributed by atoms with van der Waals surface area (Å²) < 4.78 is 0. The molecule has 5 heteroatoms. The van der Waals surface area contributed by atoms with Crippen molar-refractivity contribution in [3.8, 4) is 17.2 Å². The van der Waals surface area contributed by atoms with Gasteiger partial charge in [0.1, 0.15) is 17.2 Å². The Morgan fingerprint density at radius 3 is 1.22 bits per heavy atom. The normalized spacial score (nSPS) is 10.3. The molecule has 0 heterocycles. The van der Waals surface area contributed by atoms with E-state index in [0.717, 1.165) is 31.0 Å². The van der Waals surface area contributed by atoms with E-state index in [1.165, 1.54) is 70.6 Å². The highest BCUT2D eigenvalue weighted by molar-refractivity contribution is 5.66. The summed E-state index contributed by atoms with van der Waals surface area (Å²) in [6, 6.07) is 3.42. The Morgan fingerprint density at radius 2 is 0.926 bits per heavy atom. The zero-order valence-electron chi connectivity index (χ0n) is 16.8. The number of aliphatic carboxylic acids is 1. The summed E-state index contributed by atoms with van der Waals surface area (Å²) in [7, 11) is 0. The van der Waals surface area contributed by atoms with Gasteiger partial charge < -0.3 is 20.4 Å². The van der Waals surface area contributed by atoms with Crippen LogP contribution < -0.4 is 0 Å². The van der Waals surface area contributed by atoms with Gasteiger partial charge in [-0.15, -0.1) is 0 Å². The number of hydrogen-bond donors (Lipinski definition) is 4. The van der Waals surface area contributed by atoms with Crippen LogP contribution in [-0.4, -0.2) is 26.4 Å². The molecule has 0 aliphatic rings. The molecule has 1 aromatic carbocycles. The second-order valence-corrected chi connectivity index (χ2v) is 7.09. The largest absolute Gasteiger partial charge is 0.508 e. The van der Waals surface area contributed by atoms with Crippen molar-refractivity contribution in [2.75, 3.05) is 0 Å². The molecule has 0 fully saturated rings. The van der Waals surface area contributed by atoms with Gasteiger partial charge in [0.2, 0.25) is 0 Å². The Bertz CT molecular complexity index is 437. The smallest absolute Gasteiger partial charge is 0.303 e. The van der Waals surface area contributed by atoms with E-state index in [1.807, 2.05) is 0 Å². The van der Waals surface area contributed by atoms with E-state index in [0.29, 0.717) is 6.42 Å². The Hall–Kier alpha value is -1.91. The maximum Gasteiger partial charge on any atom is 0.303 e. The van der Waals surface area contributed by atoms with Crippen molar-refractivity contribution in [3.05, 3.63) is 18.2 Å². The third-order valence-electron chi connectivity index (χ3n) is 4.38. The molecule has 27 heavy (non-hydrogen) atoms. The summed E-state index contributed by atoms with van der Waals surface area (Å²) in [6.45, 7) is 2.26. The fraction of sp³-hybridized carbons (Fsp3) is 0.682. The van der Waals surface area contributed by atoms with Gasteiger partial charge in [0.15, 0.2) is 0 Å². The molecule has 4 N–H and O–H groups in total. The van der Waals surface area contributed by atoms with Crippen LogP contribution in [0.2, 0.25) is 0 Å². The molecule has 0 saturated heterocycles. The third kappa shape index (κ3) is 18.7. The maximum absolute atomic E-state index is 10.3. The predicted molar refractivity (Wildman–Crippen MR) is 109 cm³/mol. The van der Waals surface area contributed by atoms with Crippen LogP contribution in [0, 0.1) is 0 Å². The van der Waals surface area contributed by atoms with Crippen LogP contribution in [-0.2, 0) is 4.79 Å². The molecule has 1 aromatic rings. The predicted octanol–water partition coefficient (Wildman–Crippen LogP) is 6.36. The number of benzene rings is 1. The molecule has 0 saturated carbocycles. The third-order valence-corrected chi connectivity index (χ3v) is 4.38. The first-order valence-corrected chi connectivity index (χ1v) is 10.4. The lowest BCUT2D eigenvalue weighted by Gasteiger charge is -2.02. The van der Waals surface area contributed by atoms with Crippen molar-refractivity contribution in [1.29, 1.82) is 0 Å². The minimum Gasteiger partial charge on any atom is -0.508 e. The van der Waals surface area contributed by atoms with E-state index < -0.39 is 5.97 Å². The standard InChI is InChI=1S/C16H32O2.C6H6O3/c1-2-3-4-5-6-7-8-9-10-11-12-13-14-15-16(17)18;7-4-1-5(8)3-6(9)2-4/h2-15H2,1H3,(H,17,18);1-3,7-9H. The SMILES string of the molecule is CCCCCCCCCCCCCCCC(=O)O.Oc1cc(O)cc(O)c1. The van der Waals surface area contributed by atoms with Gasteiger partial charge in [-0.05, 0) is 6.42 Å².